The molecular formula is C14H19NO. The monoisotopic (exact) mass is 217 g/mol. The molecule has 1 aromatic carbocycles. The Bertz CT molecular complexity index is 377. The summed E-state index contributed by atoms with van der Waals surface area (Å²) in [5.41, 5.74) is 3.01. The summed E-state index contributed by atoms with van der Waals surface area (Å²) in [6.07, 6.45) is 1.09. The number of hydrogen-bond acceptors (Lipinski definition) is 2. The van der Waals surface area contributed by atoms with Crippen molar-refractivity contribution in [3.63, 3.8) is 0 Å². The van der Waals surface area contributed by atoms with Crippen molar-refractivity contribution in [1.82, 2.24) is 0 Å². The smallest absolute Gasteiger partial charge is 0.0991 e. The minimum absolute atomic E-state index is 0.643. The molecule has 2 heteroatoms. The minimum Gasteiger partial charge on any atom is -0.377 e. The predicted octanol–water partition coefficient (Wildman–Crippen LogP) is 3.43. The van der Waals surface area contributed by atoms with Gasteiger partial charge in [-0.2, -0.15) is 5.26 Å². The van der Waals surface area contributed by atoms with E-state index in [0.717, 1.165) is 18.6 Å². The number of nitrogens with zero attached hydrogens (tertiary/aromatic N) is 1. The summed E-state index contributed by atoms with van der Waals surface area (Å²) in [6, 6.07) is 7.86. The highest BCUT2D eigenvalue weighted by molar-refractivity contribution is 5.37. The molecule has 86 valence electrons. The van der Waals surface area contributed by atoms with Gasteiger partial charge in [0.05, 0.1) is 18.2 Å². The molecule has 0 bridgehead atoms. The Balaban J connectivity index is 2.46. The highest BCUT2D eigenvalue weighted by atomic mass is 16.5. The number of ether oxygens (including phenoxy) is 1. The van der Waals surface area contributed by atoms with Gasteiger partial charge in [-0.15, -0.1) is 0 Å². The summed E-state index contributed by atoms with van der Waals surface area (Å²) < 4.78 is 5.60. The van der Waals surface area contributed by atoms with Gasteiger partial charge in [0.25, 0.3) is 0 Å². The third-order valence-corrected chi connectivity index (χ3v) is 2.57. The van der Waals surface area contributed by atoms with Crippen molar-refractivity contribution in [1.29, 1.82) is 5.26 Å². The third kappa shape index (κ3) is 4.04. The van der Waals surface area contributed by atoms with Gasteiger partial charge in [0.15, 0.2) is 0 Å². The molecule has 0 heterocycles. The fourth-order valence-electron chi connectivity index (χ4n) is 1.43. The first-order valence-corrected chi connectivity index (χ1v) is 5.71. The normalized spacial score (nSPS) is 10.4. The summed E-state index contributed by atoms with van der Waals surface area (Å²) in [5.74, 6) is 0.682. The lowest BCUT2D eigenvalue weighted by atomic mass is 10.1. The molecule has 0 aliphatic carbocycles. The summed E-state index contributed by atoms with van der Waals surface area (Å²) in [6.45, 7) is 7.84. The van der Waals surface area contributed by atoms with Gasteiger partial charge in [0, 0.05) is 6.61 Å². The van der Waals surface area contributed by atoms with Gasteiger partial charge < -0.3 is 4.74 Å². The molecule has 0 spiro atoms. The molecule has 1 rings (SSSR count). The van der Waals surface area contributed by atoms with E-state index in [9.17, 15) is 0 Å². The van der Waals surface area contributed by atoms with E-state index in [2.05, 4.69) is 19.9 Å². The Morgan fingerprint density at radius 3 is 2.69 bits per heavy atom. The average molecular weight is 217 g/mol. The molecule has 0 aliphatic rings. The Hall–Kier alpha value is -1.33. The Kier molecular flexibility index (Phi) is 5.01. The topological polar surface area (TPSA) is 33.0 Å². The molecule has 1 aromatic rings. The van der Waals surface area contributed by atoms with E-state index in [1.165, 1.54) is 5.56 Å². The number of hydrogen-bond donors (Lipinski definition) is 0. The molecule has 0 amide bonds. The number of rotatable bonds is 5. The van der Waals surface area contributed by atoms with Crippen molar-refractivity contribution < 1.29 is 4.74 Å². The number of nitriles is 1. The van der Waals surface area contributed by atoms with Gasteiger partial charge in [0.2, 0.25) is 0 Å². The zero-order chi connectivity index (χ0) is 12.0. The van der Waals surface area contributed by atoms with Crippen LogP contribution in [-0.4, -0.2) is 6.61 Å². The Morgan fingerprint density at radius 1 is 1.38 bits per heavy atom. The lowest BCUT2D eigenvalue weighted by Crippen LogP contribution is -2.00. The standard InChI is InChI=1S/C14H19NO/c1-11(2)6-7-16-10-14-5-4-13(9-15)8-12(14)3/h4-5,8,11H,6-7,10H2,1-3H3. The van der Waals surface area contributed by atoms with Gasteiger partial charge in [-0.1, -0.05) is 19.9 Å². The van der Waals surface area contributed by atoms with Crippen LogP contribution in [0.25, 0.3) is 0 Å². The van der Waals surface area contributed by atoms with Crippen LogP contribution in [0.1, 0.15) is 37.0 Å². The largest absolute Gasteiger partial charge is 0.377 e. The van der Waals surface area contributed by atoms with Gasteiger partial charge in [-0.25, -0.2) is 0 Å². The fourth-order valence-corrected chi connectivity index (χ4v) is 1.43. The summed E-state index contributed by atoms with van der Waals surface area (Å²) in [7, 11) is 0. The molecule has 0 N–H and O–H groups in total. The van der Waals surface area contributed by atoms with Crippen molar-refractivity contribution >= 4 is 0 Å². The van der Waals surface area contributed by atoms with E-state index in [-0.39, 0.29) is 0 Å². The minimum atomic E-state index is 0.643. The van der Waals surface area contributed by atoms with Crippen LogP contribution in [0.15, 0.2) is 18.2 Å². The molecule has 0 atom stereocenters. The van der Waals surface area contributed by atoms with Crippen molar-refractivity contribution in [2.75, 3.05) is 6.61 Å². The van der Waals surface area contributed by atoms with Gasteiger partial charge in [-0.3, -0.25) is 0 Å². The van der Waals surface area contributed by atoms with Crippen LogP contribution in [0.3, 0.4) is 0 Å². The first-order chi connectivity index (χ1) is 7.63. The Labute approximate surface area is 97.9 Å². The van der Waals surface area contributed by atoms with Crippen LogP contribution < -0.4 is 0 Å². The first-order valence-electron chi connectivity index (χ1n) is 5.71. The third-order valence-electron chi connectivity index (χ3n) is 2.57. The SMILES string of the molecule is Cc1cc(C#N)ccc1COCCC(C)C. The number of aryl methyl sites for hydroxylation is 1. The van der Waals surface area contributed by atoms with Crippen molar-refractivity contribution in [2.45, 2.75) is 33.8 Å². The molecular weight excluding hydrogens is 198 g/mol. The first kappa shape index (κ1) is 12.7. The molecule has 16 heavy (non-hydrogen) atoms. The lowest BCUT2D eigenvalue weighted by Gasteiger charge is -2.08. The predicted molar refractivity (Wildman–Crippen MR) is 65.0 cm³/mol. The van der Waals surface area contributed by atoms with Crippen LogP contribution in [0.5, 0.6) is 0 Å². The highest BCUT2D eigenvalue weighted by Gasteiger charge is 2.00. The van der Waals surface area contributed by atoms with Crippen LogP contribution in [0.2, 0.25) is 0 Å². The van der Waals surface area contributed by atoms with Crippen molar-refractivity contribution in [3.8, 4) is 6.07 Å². The van der Waals surface area contributed by atoms with Gasteiger partial charge in [0.1, 0.15) is 0 Å². The van der Waals surface area contributed by atoms with E-state index < -0.39 is 0 Å². The molecule has 0 aromatic heterocycles. The van der Waals surface area contributed by atoms with E-state index in [4.69, 9.17) is 10.00 Å². The van der Waals surface area contributed by atoms with E-state index in [0.29, 0.717) is 18.1 Å². The molecule has 2 nitrogen and oxygen atoms in total. The summed E-state index contributed by atoms with van der Waals surface area (Å²) in [5, 5.41) is 8.75. The second kappa shape index (κ2) is 6.30. The fraction of sp³-hybridized carbons (Fsp3) is 0.500. The van der Waals surface area contributed by atoms with Gasteiger partial charge in [-0.05, 0) is 42.5 Å². The van der Waals surface area contributed by atoms with Crippen molar-refractivity contribution in [3.05, 3.63) is 34.9 Å². The zero-order valence-electron chi connectivity index (χ0n) is 10.3. The van der Waals surface area contributed by atoms with E-state index in [1.807, 2.05) is 25.1 Å². The van der Waals surface area contributed by atoms with Gasteiger partial charge >= 0.3 is 0 Å². The van der Waals surface area contributed by atoms with Crippen molar-refractivity contribution in [2.24, 2.45) is 5.92 Å². The maximum atomic E-state index is 8.75. The summed E-state index contributed by atoms with van der Waals surface area (Å²) >= 11 is 0. The van der Waals surface area contributed by atoms with Crippen LogP contribution in [0, 0.1) is 24.2 Å². The second-order valence-electron chi connectivity index (χ2n) is 4.49. The van der Waals surface area contributed by atoms with Crippen LogP contribution in [0.4, 0.5) is 0 Å². The van der Waals surface area contributed by atoms with Crippen LogP contribution in [-0.2, 0) is 11.3 Å². The molecule has 0 aliphatic heterocycles. The Morgan fingerprint density at radius 2 is 2.12 bits per heavy atom. The number of benzene rings is 1. The zero-order valence-corrected chi connectivity index (χ0v) is 10.3. The average Bonchev–Trinajstić information content (AvgIpc) is 2.25. The second-order valence-corrected chi connectivity index (χ2v) is 4.49. The molecule has 0 saturated carbocycles. The lowest BCUT2D eigenvalue weighted by molar-refractivity contribution is 0.110. The molecule has 0 saturated heterocycles. The summed E-state index contributed by atoms with van der Waals surface area (Å²) in [4.78, 5) is 0. The van der Waals surface area contributed by atoms with Crippen LogP contribution >= 0.6 is 0 Å². The maximum absolute atomic E-state index is 8.75. The maximum Gasteiger partial charge on any atom is 0.0991 e. The molecule has 0 radical (unpaired) electrons. The molecule has 0 fully saturated rings. The molecule has 0 unspecified atom stereocenters. The van der Waals surface area contributed by atoms with E-state index in [1.54, 1.807) is 0 Å². The quantitative estimate of drug-likeness (QED) is 0.708. The van der Waals surface area contributed by atoms with E-state index >= 15 is 0 Å². The highest BCUT2D eigenvalue weighted by Crippen LogP contribution is 2.12.